The Kier molecular flexibility index (Phi) is 6.77. The number of sulfone groups is 1. The van der Waals surface area contributed by atoms with Crippen molar-refractivity contribution in [3.8, 4) is 0 Å². The third-order valence-corrected chi connectivity index (χ3v) is 9.21. The van der Waals surface area contributed by atoms with E-state index in [4.69, 9.17) is 5.73 Å². The van der Waals surface area contributed by atoms with Gasteiger partial charge < -0.3 is 11.1 Å². The summed E-state index contributed by atoms with van der Waals surface area (Å²) in [6, 6.07) is 3.79. The number of alkyl halides is 3. The molecule has 0 radical (unpaired) electrons. The van der Waals surface area contributed by atoms with E-state index in [1.165, 1.54) is 6.07 Å². The van der Waals surface area contributed by atoms with E-state index in [-0.39, 0.29) is 34.7 Å². The van der Waals surface area contributed by atoms with E-state index in [1.54, 1.807) is 13.8 Å². The molecule has 2 aliphatic carbocycles. The van der Waals surface area contributed by atoms with Crippen LogP contribution in [0, 0.1) is 11.8 Å². The molecule has 0 bridgehead atoms. The van der Waals surface area contributed by atoms with E-state index in [2.05, 4.69) is 5.32 Å². The summed E-state index contributed by atoms with van der Waals surface area (Å²) in [5, 5.41) is 3.03. The van der Waals surface area contributed by atoms with Crippen LogP contribution in [0.4, 0.5) is 13.2 Å². The zero-order valence-electron chi connectivity index (χ0n) is 17.9. The lowest BCUT2D eigenvalue weighted by Crippen LogP contribution is -2.51. The van der Waals surface area contributed by atoms with Gasteiger partial charge in [0, 0.05) is 12.1 Å². The van der Waals surface area contributed by atoms with Gasteiger partial charge >= 0.3 is 6.18 Å². The fraction of sp³-hybridized carbons (Fsp3) is 0.682. The highest BCUT2D eigenvalue weighted by molar-refractivity contribution is 7.92. The van der Waals surface area contributed by atoms with Gasteiger partial charge in [-0.2, -0.15) is 13.2 Å². The van der Waals surface area contributed by atoms with Crippen molar-refractivity contribution in [1.29, 1.82) is 0 Å². The molecule has 31 heavy (non-hydrogen) atoms. The zero-order chi connectivity index (χ0) is 23.0. The molecule has 0 aliphatic heterocycles. The summed E-state index contributed by atoms with van der Waals surface area (Å²) in [4.78, 5) is 12.2. The predicted octanol–water partition coefficient (Wildman–Crippen LogP) is 4.06. The number of carbonyl (C=O) groups is 1. The number of carbonyl (C=O) groups excluding carboxylic acids is 1. The highest BCUT2D eigenvalue weighted by atomic mass is 32.2. The zero-order valence-corrected chi connectivity index (χ0v) is 18.7. The Morgan fingerprint density at radius 1 is 1.16 bits per heavy atom. The van der Waals surface area contributed by atoms with Crippen LogP contribution in [0.3, 0.4) is 0 Å². The van der Waals surface area contributed by atoms with Gasteiger partial charge in [0.2, 0.25) is 5.91 Å². The van der Waals surface area contributed by atoms with Crippen molar-refractivity contribution >= 4 is 15.7 Å². The number of rotatable bonds is 6. The van der Waals surface area contributed by atoms with Crippen LogP contribution in [-0.2, 0) is 20.8 Å². The second-order valence-electron chi connectivity index (χ2n) is 9.59. The standard InChI is InChI=1S/C22H31F3N2O3S/c1-21(2,31(29,30)17-7-5-6-15(12-17)22(23,24)25)13-14-10-16(11-14)27-20(28)18-8-3-4-9-19(18)26/h5-7,12,14,16,18-19H,3-4,8-11,13,26H2,1-2H3,(H,27,28)/t14-,16+,18-,19-/m1/s1. The van der Waals surface area contributed by atoms with Crippen LogP contribution in [-0.4, -0.2) is 31.2 Å². The van der Waals surface area contributed by atoms with Gasteiger partial charge in [0.1, 0.15) is 0 Å². The van der Waals surface area contributed by atoms with Crippen LogP contribution < -0.4 is 11.1 Å². The molecule has 1 aromatic rings. The second kappa shape index (κ2) is 8.73. The van der Waals surface area contributed by atoms with Crippen LogP contribution in [0.2, 0.25) is 0 Å². The molecule has 3 rings (SSSR count). The molecule has 0 saturated heterocycles. The lowest BCUT2D eigenvalue weighted by atomic mass is 9.75. The number of nitrogens with one attached hydrogen (secondary N) is 1. The number of amides is 1. The van der Waals surface area contributed by atoms with Gasteiger partial charge in [-0.25, -0.2) is 8.42 Å². The van der Waals surface area contributed by atoms with Gasteiger partial charge in [-0.3, -0.25) is 4.79 Å². The average Bonchev–Trinajstić information content (AvgIpc) is 2.65. The third-order valence-electron chi connectivity index (χ3n) is 6.72. The predicted molar refractivity (Wildman–Crippen MR) is 112 cm³/mol. The second-order valence-corrected chi connectivity index (χ2v) is 12.2. The summed E-state index contributed by atoms with van der Waals surface area (Å²) in [7, 11) is -3.96. The molecule has 0 heterocycles. The van der Waals surface area contributed by atoms with Gasteiger partial charge in [-0.05, 0) is 70.1 Å². The maximum Gasteiger partial charge on any atom is 0.416 e. The number of halogens is 3. The summed E-state index contributed by atoms with van der Waals surface area (Å²) in [5.74, 6) is -0.0991. The first-order valence-corrected chi connectivity index (χ1v) is 12.3. The molecule has 2 aliphatic rings. The van der Waals surface area contributed by atoms with E-state index in [9.17, 15) is 26.4 Å². The van der Waals surface area contributed by atoms with Crippen LogP contribution in [0.5, 0.6) is 0 Å². The molecule has 3 N–H and O–H groups in total. The first kappa shape index (κ1) is 24.0. The molecule has 5 nitrogen and oxygen atoms in total. The Morgan fingerprint density at radius 3 is 2.42 bits per heavy atom. The van der Waals surface area contributed by atoms with E-state index in [0.29, 0.717) is 25.3 Å². The smallest absolute Gasteiger partial charge is 0.353 e. The number of hydrogen-bond donors (Lipinski definition) is 2. The number of nitrogens with two attached hydrogens (primary N) is 1. The Balaban J connectivity index is 1.58. The van der Waals surface area contributed by atoms with Gasteiger partial charge in [0.25, 0.3) is 0 Å². The maximum absolute atomic E-state index is 13.1. The minimum Gasteiger partial charge on any atom is -0.353 e. The van der Waals surface area contributed by atoms with Crippen LogP contribution in [0.15, 0.2) is 29.2 Å². The number of hydrogen-bond acceptors (Lipinski definition) is 4. The van der Waals surface area contributed by atoms with Crippen molar-refractivity contribution in [3.63, 3.8) is 0 Å². The highest BCUT2D eigenvalue weighted by Crippen LogP contribution is 2.40. The maximum atomic E-state index is 13.1. The van der Waals surface area contributed by atoms with E-state index in [1.807, 2.05) is 0 Å². The summed E-state index contributed by atoms with van der Waals surface area (Å²) < 4.78 is 63.9. The van der Waals surface area contributed by atoms with Gasteiger partial charge in [0.15, 0.2) is 9.84 Å². The Bertz CT molecular complexity index is 909. The van der Waals surface area contributed by atoms with Crippen molar-refractivity contribution in [3.05, 3.63) is 29.8 Å². The Hall–Kier alpha value is -1.61. The molecular formula is C22H31F3N2O3S. The summed E-state index contributed by atoms with van der Waals surface area (Å²) in [6.45, 7) is 3.10. The summed E-state index contributed by atoms with van der Waals surface area (Å²) in [5.41, 5.74) is 5.09. The topological polar surface area (TPSA) is 89.3 Å². The number of benzene rings is 1. The van der Waals surface area contributed by atoms with Gasteiger partial charge in [-0.15, -0.1) is 0 Å². The lowest BCUT2D eigenvalue weighted by molar-refractivity contribution is -0.137. The minimum absolute atomic E-state index is 0.00121. The fourth-order valence-electron chi connectivity index (χ4n) is 4.78. The first-order chi connectivity index (χ1) is 14.3. The first-order valence-electron chi connectivity index (χ1n) is 10.8. The SMILES string of the molecule is CC(C)(C[C@H]1C[C@@H](NC(=O)[C@@H]2CCCC[C@H]2N)C1)S(=O)(=O)c1cccc(C(F)(F)F)c1. The minimum atomic E-state index is -4.60. The van der Waals surface area contributed by atoms with Crippen molar-refractivity contribution in [2.75, 3.05) is 0 Å². The molecule has 2 atom stereocenters. The van der Waals surface area contributed by atoms with Crippen LogP contribution >= 0.6 is 0 Å². The fourth-order valence-corrected chi connectivity index (χ4v) is 6.41. The quantitative estimate of drug-likeness (QED) is 0.670. The molecule has 0 aromatic heterocycles. The van der Waals surface area contributed by atoms with Crippen molar-refractivity contribution in [2.24, 2.45) is 17.6 Å². The molecule has 2 fully saturated rings. The van der Waals surface area contributed by atoms with Crippen molar-refractivity contribution < 1.29 is 26.4 Å². The molecule has 0 unspecified atom stereocenters. The van der Waals surface area contributed by atoms with E-state index >= 15 is 0 Å². The van der Waals surface area contributed by atoms with Crippen LogP contribution in [0.1, 0.15) is 64.4 Å². The van der Waals surface area contributed by atoms with Gasteiger partial charge in [0.05, 0.1) is 21.1 Å². The Morgan fingerprint density at radius 2 is 1.81 bits per heavy atom. The summed E-state index contributed by atoms with van der Waals surface area (Å²) in [6.07, 6.45) is 0.742. The lowest BCUT2D eigenvalue weighted by Gasteiger charge is -2.41. The molecular weight excluding hydrogens is 429 g/mol. The molecule has 1 aromatic carbocycles. The van der Waals surface area contributed by atoms with E-state index in [0.717, 1.165) is 37.8 Å². The Labute approximate surface area is 181 Å². The molecule has 9 heteroatoms. The molecule has 0 spiro atoms. The average molecular weight is 461 g/mol. The highest BCUT2D eigenvalue weighted by Gasteiger charge is 2.43. The van der Waals surface area contributed by atoms with Crippen molar-refractivity contribution in [1.82, 2.24) is 5.32 Å². The van der Waals surface area contributed by atoms with Crippen LogP contribution in [0.25, 0.3) is 0 Å². The van der Waals surface area contributed by atoms with Gasteiger partial charge in [-0.1, -0.05) is 18.9 Å². The monoisotopic (exact) mass is 460 g/mol. The molecule has 174 valence electrons. The largest absolute Gasteiger partial charge is 0.416 e. The normalized spacial score (nSPS) is 27.4. The molecule has 1 amide bonds. The van der Waals surface area contributed by atoms with Crippen molar-refractivity contribution in [2.45, 2.75) is 86.7 Å². The van der Waals surface area contributed by atoms with E-state index < -0.39 is 26.3 Å². The molecule has 2 saturated carbocycles. The third kappa shape index (κ3) is 5.25. The summed E-state index contributed by atoms with van der Waals surface area (Å²) >= 11 is 0.